The molecule has 0 amide bonds. The van der Waals surface area contributed by atoms with Crippen LogP contribution in [-0.2, 0) is 24.1 Å². The maximum atomic E-state index is 12.6. The lowest BCUT2D eigenvalue weighted by Crippen LogP contribution is -2.41. The Kier molecular flexibility index (Phi) is 5.97. The molecule has 188 valence electrons. The first kappa shape index (κ1) is 24.1. The lowest BCUT2D eigenvalue weighted by atomic mass is 10.1. The number of imidazole rings is 1. The number of thioether (sulfide) groups is 1. The van der Waals surface area contributed by atoms with Gasteiger partial charge in [-0.2, -0.15) is 4.98 Å². The van der Waals surface area contributed by atoms with Crippen molar-refractivity contribution < 1.29 is 28.3 Å². The van der Waals surface area contributed by atoms with E-state index >= 15 is 0 Å². The lowest BCUT2D eigenvalue weighted by molar-refractivity contribution is -0.245. The van der Waals surface area contributed by atoms with Gasteiger partial charge in [0.25, 0.3) is 13.4 Å². The van der Waals surface area contributed by atoms with Crippen molar-refractivity contribution in [2.75, 3.05) is 12.3 Å². The third-order valence-corrected chi connectivity index (χ3v) is 8.95. The predicted molar refractivity (Wildman–Crippen MR) is 132 cm³/mol. The normalized spacial score (nSPS) is 28.1. The van der Waals surface area contributed by atoms with E-state index in [4.69, 9.17) is 19.5 Å². The molecule has 4 aromatic rings. The summed E-state index contributed by atoms with van der Waals surface area (Å²) < 4.78 is 29.8. The molecule has 2 aliphatic heterocycles. The van der Waals surface area contributed by atoms with Gasteiger partial charge in [0.15, 0.2) is 22.5 Å². The third-order valence-electron chi connectivity index (χ3n) is 6.05. The van der Waals surface area contributed by atoms with Crippen LogP contribution >= 0.6 is 35.5 Å². The van der Waals surface area contributed by atoms with Gasteiger partial charge in [0, 0.05) is 10.2 Å². The van der Waals surface area contributed by atoms with Crippen molar-refractivity contribution in [3.63, 3.8) is 0 Å². The largest absolute Gasteiger partial charge is 0.756 e. The van der Waals surface area contributed by atoms with Crippen LogP contribution in [0.3, 0.4) is 0 Å². The summed E-state index contributed by atoms with van der Waals surface area (Å²) >= 11 is 4.98. The highest BCUT2D eigenvalue weighted by Gasteiger charge is 2.51. The first-order chi connectivity index (χ1) is 17.2. The number of aromatic nitrogens is 4. The summed E-state index contributed by atoms with van der Waals surface area (Å²) in [5, 5.41) is 13.4. The Morgan fingerprint density at radius 3 is 2.94 bits per heavy atom. The highest BCUT2D eigenvalue weighted by Crippen LogP contribution is 2.50. The van der Waals surface area contributed by atoms with Crippen LogP contribution in [0.5, 0.6) is 0 Å². The van der Waals surface area contributed by atoms with E-state index in [0.717, 1.165) is 20.8 Å². The number of hydrogen-bond acceptors (Lipinski definition) is 11. The predicted octanol–water partition coefficient (Wildman–Crippen LogP) is 2.05. The van der Waals surface area contributed by atoms with Crippen LogP contribution in [0, 0.1) is 0 Å². The number of benzene rings is 2. The van der Waals surface area contributed by atoms with Gasteiger partial charge in [-0.1, -0.05) is 48.2 Å². The molecule has 0 spiro atoms. The maximum Gasteiger partial charge on any atom is 0.280 e. The molecule has 12 nitrogen and oxygen atoms in total. The molecule has 4 heterocycles. The number of hydrogen-bond donors (Lipinski definition) is 3. The van der Waals surface area contributed by atoms with Crippen molar-refractivity contribution in [3.8, 4) is 0 Å². The van der Waals surface area contributed by atoms with Crippen LogP contribution in [-0.4, -0.2) is 49.5 Å². The molecule has 2 saturated heterocycles. The highest BCUT2D eigenvalue weighted by atomic mass is 79.9. The second-order valence-electron chi connectivity index (χ2n) is 8.30. The number of nitrogens with two attached hydrogens (primary N) is 1. The number of anilines is 1. The molecule has 15 heteroatoms. The molecule has 2 aromatic carbocycles. The molecule has 4 N–H and O–H groups in total. The Hall–Kier alpha value is -2.29. The van der Waals surface area contributed by atoms with E-state index in [1.807, 2.05) is 36.4 Å². The zero-order valence-electron chi connectivity index (χ0n) is 18.2. The van der Waals surface area contributed by atoms with Gasteiger partial charge < -0.3 is 29.5 Å². The van der Waals surface area contributed by atoms with E-state index in [0.29, 0.717) is 10.9 Å². The van der Waals surface area contributed by atoms with Gasteiger partial charge in [0.1, 0.15) is 18.3 Å². The number of nitrogen functional groups attached to an aromatic ring is 1. The molecule has 36 heavy (non-hydrogen) atoms. The number of nitrogens with one attached hydrogen (secondary N) is 1. The molecule has 0 radical (unpaired) electrons. The molecule has 0 aliphatic carbocycles. The van der Waals surface area contributed by atoms with Crippen molar-refractivity contribution in [1.82, 2.24) is 19.5 Å². The summed E-state index contributed by atoms with van der Waals surface area (Å²) in [6.07, 6.45) is -4.60. The highest BCUT2D eigenvalue weighted by molar-refractivity contribution is 9.10. The molecule has 2 aliphatic rings. The van der Waals surface area contributed by atoms with Crippen molar-refractivity contribution in [1.29, 1.82) is 0 Å². The molecular weight excluding hydrogens is 577 g/mol. The number of phosphoric ester groups is 1. The summed E-state index contributed by atoms with van der Waals surface area (Å²) in [6.45, 7) is -0.311. The monoisotopic (exact) mass is 594 g/mol. The van der Waals surface area contributed by atoms with E-state index in [9.17, 15) is 19.4 Å². The number of H-pyrrole nitrogens is 1. The lowest BCUT2D eigenvalue weighted by Gasteiger charge is -2.34. The quantitative estimate of drug-likeness (QED) is 0.232. The number of phosphoric acid groups is 1. The van der Waals surface area contributed by atoms with Gasteiger partial charge in [-0.15, -0.1) is 0 Å². The van der Waals surface area contributed by atoms with Crippen molar-refractivity contribution in [3.05, 3.63) is 56.8 Å². The third kappa shape index (κ3) is 4.07. The topological polar surface area (TPSA) is 178 Å². The Labute approximate surface area is 215 Å². The summed E-state index contributed by atoms with van der Waals surface area (Å²) in [5.74, 6) is 0.309. The second-order valence-corrected chi connectivity index (χ2v) is 11.4. The second kappa shape index (κ2) is 8.92. The Balaban J connectivity index is 1.40. The fourth-order valence-electron chi connectivity index (χ4n) is 4.39. The first-order valence-electron chi connectivity index (χ1n) is 10.8. The molecule has 2 fully saturated rings. The van der Waals surface area contributed by atoms with E-state index in [-0.39, 0.29) is 23.7 Å². The number of aromatic amines is 1. The maximum absolute atomic E-state index is 12.6. The van der Waals surface area contributed by atoms with Crippen molar-refractivity contribution in [2.45, 2.75) is 35.4 Å². The molecule has 0 bridgehead atoms. The van der Waals surface area contributed by atoms with E-state index in [2.05, 4.69) is 30.9 Å². The fourth-order valence-corrected chi connectivity index (χ4v) is 7.16. The number of aliphatic hydroxyl groups is 1. The summed E-state index contributed by atoms with van der Waals surface area (Å²) in [4.78, 5) is 35.5. The standard InChI is InChI=1S/C21H19BrN5O7PS/c22-13-10(6-5-9-3-1-2-4-11(9)13)8-36-21-24-14-17(25-20(23)26-18(14)29)27(21)19-15(28)16-12(33-19)7-32-35(30,31)34-16/h1-6,12,15-16,19,28H,7-8H2,(H,30,31)(H3,23,25,26,29)/p-1/t12?,15?,16-,19-/m1/s1. The molecule has 2 aromatic heterocycles. The van der Waals surface area contributed by atoms with E-state index < -0.39 is 37.9 Å². The molecule has 6 rings (SSSR count). The molecular formula is C21H18BrN5O7PS-. The Morgan fingerprint density at radius 1 is 1.31 bits per heavy atom. The van der Waals surface area contributed by atoms with Crippen LogP contribution < -0.4 is 16.2 Å². The zero-order chi connectivity index (χ0) is 25.2. The fraction of sp³-hybridized carbons (Fsp3) is 0.286. The first-order valence-corrected chi connectivity index (χ1v) is 14.0. The zero-order valence-corrected chi connectivity index (χ0v) is 21.5. The molecule has 0 saturated carbocycles. The van der Waals surface area contributed by atoms with E-state index in [1.165, 1.54) is 16.3 Å². The van der Waals surface area contributed by atoms with Gasteiger partial charge in [0.2, 0.25) is 5.95 Å². The Morgan fingerprint density at radius 2 is 2.11 bits per heavy atom. The van der Waals surface area contributed by atoms with Gasteiger partial charge in [0.05, 0.1) is 6.61 Å². The minimum absolute atomic E-state index is 0.00149. The van der Waals surface area contributed by atoms with Gasteiger partial charge in [-0.25, -0.2) is 4.98 Å². The summed E-state index contributed by atoms with van der Waals surface area (Å²) in [7, 11) is -4.57. The minimum atomic E-state index is -4.57. The number of ether oxygens (including phenoxy) is 1. The van der Waals surface area contributed by atoms with Gasteiger partial charge in [-0.3, -0.25) is 18.9 Å². The van der Waals surface area contributed by atoms with Crippen molar-refractivity contribution >= 4 is 63.4 Å². The van der Waals surface area contributed by atoms with Crippen LogP contribution in [0.2, 0.25) is 0 Å². The number of rotatable bonds is 4. The average molecular weight is 595 g/mol. The molecule has 3 unspecified atom stereocenters. The van der Waals surface area contributed by atoms with Crippen LogP contribution in [0.25, 0.3) is 21.9 Å². The van der Waals surface area contributed by atoms with Gasteiger partial charge in [-0.05, 0) is 32.3 Å². The minimum Gasteiger partial charge on any atom is -0.756 e. The summed E-state index contributed by atoms with van der Waals surface area (Å²) in [5.41, 5.74) is 6.29. The van der Waals surface area contributed by atoms with E-state index in [1.54, 1.807) is 0 Å². The summed E-state index contributed by atoms with van der Waals surface area (Å²) in [6, 6.07) is 11.9. The van der Waals surface area contributed by atoms with Crippen LogP contribution in [0.15, 0.2) is 50.8 Å². The Bertz CT molecular complexity index is 1610. The number of nitrogens with zero attached hydrogens (tertiary/aromatic N) is 3. The number of halogens is 1. The van der Waals surface area contributed by atoms with Gasteiger partial charge >= 0.3 is 0 Å². The molecule has 5 atom stereocenters. The number of fused-ring (bicyclic) bond motifs is 3. The average Bonchev–Trinajstić information content (AvgIpc) is 3.35. The van der Waals surface area contributed by atoms with Crippen molar-refractivity contribution in [2.24, 2.45) is 0 Å². The number of aliphatic hydroxyl groups excluding tert-OH is 1. The SMILES string of the molecule is Nc1nc2c(nc(SCc3ccc4ccccc4c3Br)n2[C@@H]2OC3COP(=O)([O-])O[C@H]3C2O)c(=O)[nH]1. The van der Waals surface area contributed by atoms with Crippen LogP contribution in [0.1, 0.15) is 11.8 Å². The smallest absolute Gasteiger partial charge is 0.280 e. The van der Waals surface area contributed by atoms with Crippen LogP contribution in [0.4, 0.5) is 5.95 Å².